The number of carbonyl (C=O) groups is 2. The summed E-state index contributed by atoms with van der Waals surface area (Å²) in [5, 5.41) is 12.5. The summed E-state index contributed by atoms with van der Waals surface area (Å²) in [6.45, 7) is 1.57. The van der Waals surface area contributed by atoms with Crippen molar-refractivity contribution in [1.29, 1.82) is 0 Å². The van der Waals surface area contributed by atoms with Crippen LogP contribution in [0.15, 0.2) is 42.5 Å². The Morgan fingerprint density at radius 1 is 1.03 bits per heavy atom. The van der Waals surface area contributed by atoms with E-state index in [1.807, 2.05) is 0 Å². The molecular weight excluding hydrogens is 387 g/mol. The van der Waals surface area contributed by atoms with Crippen LogP contribution in [0.5, 0.6) is 0 Å². The number of nitrogens with zero attached hydrogens (tertiary/aromatic N) is 3. The van der Waals surface area contributed by atoms with Crippen LogP contribution >= 0.6 is 0 Å². The fraction of sp³-hybridized carbons (Fsp3) is 0.158. The van der Waals surface area contributed by atoms with Crippen molar-refractivity contribution in [2.24, 2.45) is 0 Å². The summed E-state index contributed by atoms with van der Waals surface area (Å²) in [5.41, 5.74) is 0.806. The van der Waals surface area contributed by atoms with E-state index in [-0.39, 0.29) is 11.3 Å². The minimum Gasteiger partial charge on any atom is -0.357 e. The molecule has 0 saturated heterocycles. The van der Waals surface area contributed by atoms with Gasteiger partial charge in [-0.1, -0.05) is 11.3 Å². The molecule has 0 aliphatic carbocycles. The molecule has 3 rings (SSSR count). The summed E-state index contributed by atoms with van der Waals surface area (Å²) in [5.74, 6) is -4.02. The van der Waals surface area contributed by atoms with Crippen LogP contribution in [-0.4, -0.2) is 33.9 Å². The number of likely N-dealkylation sites (N-methyl/N-ethyl adjacent to an activating group) is 1. The van der Waals surface area contributed by atoms with Gasteiger partial charge in [-0.05, 0) is 48.9 Å². The smallest absolute Gasteiger partial charge is 0.274 e. The molecule has 29 heavy (non-hydrogen) atoms. The second kappa shape index (κ2) is 8.13. The molecule has 0 aliphatic heterocycles. The lowest BCUT2D eigenvalue weighted by molar-refractivity contribution is -0.122. The van der Waals surface area contributed by atoms with Gasteiger partial charge in [-0.3, -0.25) is 9.59 Å². The van der Waals surface area contributed by atoms with Crippen LogP contribution < -0.4 is 10.6 Å². The quantitative estimate of drug-likeness (QED) is 0.684. The average Bonchev–Trinajstić information content (AvgIpc) is 3.09. The minimum absolute atomic E-state index is 0.0557. The van der Waals surface area contributed by atoms with Crippen LogP contribution in [0.4, 0.5) is 13.2 Å². The molecule has 1 heterocycles. The molecule has 0 radical (unpaired) electrons. The maximum atomic E-state index is 13.6. The van der Waals surface area contributed by atoms with Crippen LogP contribution in [0.25, 0.3) is 5.69 Å². The Bertz CT molecular complexity index is 1070. The normalized spacial score (nSPS) is 11.8. The molecule has 0 spiro atoms. The average molecular weight is 403 g/mol. The highest BCUT2D eigenvalue weighted by atomic mass is 19.2. The Morgan fingerprint density at radius 3 is 2.34 bits per heavy atom. The molecule has 2 amide bonds. The molecule has 1 atom stereocenters. The summed E-state index contributed by atoms with van der Waals surface area (Å²) >= 11 is 0. The van der Waals surface area contributed by atoms with E-state index in [4.69, 9.17) is 0 Å². The molecule has 7 nitrogen and oxygen atoms in total. The topological polar surface area (TPSA) is 88.9 Å². The fourth-order valence-corrected chi connectivity index (χ4v) is 2.70. The predicted octanol–water partition coefficient (Wildman–Crippen LogP) is 2.21. The maximum absolute atomic E-state index is 13.6. The molecule has 0 fully saturated rings. The third-order valence-electron chi connectivity index (χ3n) is 4.24. The van der Waals surface area contributed by atoms with Crippen LogP contribution in [-0.2, 0) is 4.79 Å². The largest absolute Gasteiger partial charge is 0.357 e. The van der Waals surface area contributed by atoms with Crippen LogP contribution in [0.1, 0.15) is 27.8 Å². The monoisotopic (exact) mass is 403 g/mol. The number of aromatic nitrogens is 3. The molecular formula is C19H16F3N5O2. The molecule has 2 aromatic carbocycles. The van der Waals surface area contributed by atoms with Crippen molar-refractivity contribution >= 4 is 11.8 Å². The van der Waals surface area contributed by atoms with Gasteiger partial charge < -0.3 is 10.6 Å². The van der Waals surface area contributed by atoms with Gasteiger partial charge in [0.05, 0.1) is 11.4 Å². The highest BCUT2D eigenvalue weighted by Gasteiger charge is 2.26. The first-order valence-corrected chi connectivity index (χ1v) is 8.47. The molecule has 0 saturated carbocycles. The van der Waals surface area contributed by atoms with Gasteiger partial charge in [-0.2, -0.15) is 0 Å². The summed E-state index contributed by atoms with van der Waals surface area (Å²) < 4.78 is 41.2. The molecule has 150 valence electrons. The second-order valence-corrected chi connectivity index (χ2v) is 6.11. The van der Waals surface area contributed by atoms with Crippen molar-refractivity contribution in [3.05, 3.63) is 76.9 Å². The fourth-order valence-electron chi connectivity index (χ4n) is 2.70. The van der Waals surface area contributed by atoms with Crippen LogP contribution in [0, 0.1) is 24.4 Å². The number of amides is 2. The van der Waals surface area contributed by atoms with E-state index >= 15 is 0 Å². The first-order chi connectivity index (χ1) is 13.8. The van der Waals surface area contributed by atoms with E-state index < -0.39 is 35.3 Å². The summed E-state index contributed by atoms with van der Waals surface area (Å²) in [6.07, 6.45) is 0. The second-order valence-electron chi connectivity index (χ2n) is 6.11. The van der Waals surface area contributed by atoms with E-state index in [0.29, 0.717) is 11.4 Å². The highest BCUT2D eigenvalue weighted by Crippen LogP contribution is 2.19. The van der Waals surface area contributed by atoms with Gasteiger partial charge >= 0.3 is 0 Å². The van der Waals surface area contributed by atoms with Crippen molar-refractivity contribution in [3.63, 3.8) is 0 Å². The Balaban J connectivity index is 1.89. The minimum atomic E-state index is -1.28. The van der Waals surface area contributed by atoms with Gasteiger partial charge in [0.2, 0.25) is 5.91 Å². The van der Waals surface area contributed by atoms with E-state index in [1.54, 1.807) is 6.92 Å². The Kier molecular flexibility index (Phi) is 5.62. The molecule has 10 heteroatoms. The predicted molar refractivity (Wildman–Crippen MR) is 96.7 cm³/mol. The maximum Gasteiger partial charge on any atom is 0.274 e. The first-order valence-electron chi connectivity index (χ1n) is 8.47. The third kappa shape index (κ3) is 4.10. The van der Waals surface area contributed by atoms with E-state index in [1.165, 1.54) is 42.1 Å². The van der Waals surface area contributed by atoms with Crippen LogP contribution in [0.2, 0.25) is 0 Å². The first kappa shape index (κ1) is 20.1. The number of hydrogen-bond acceptors (Lipinski definition) is 4. The van der Waals surface area contributed by atoms with Gasteiger partial charge in [0, 0.05) is 7.05 Å². The van der Waals surface area contributed by atoms with E-state index in [2.05, 4.69) is 20.9 Å². The van der Waals surface area contributed by atoms with E-state index in [9.17, 15) is 22.8 Å². The lowest BCUT2D eigenvalue weighted by Gasteiger charge is -2.17. The molecule has 3 aromatic rings. The molecule has 0 aliphatic rings. The number of rotatable bonds is 5. The molecule has 1 aromatic heterocycles. The standard InChI is InChI=1S/C19H16F3N5O2/c1-10-16(25-26-27(10)13-6-4-12(20)5-7-13)19(29)24-17(18(28)23-2)11-3-8-14(21)15(22)9-11/h3-9,17H,1-2H3,(H,23,28)(H,24,29). The van der Waals surface area contributed by atoms with Crippen molar-refractivity contribution in [3.8, 4) is 5.69 Å². The van der Waals surface area contributed by atoms with Crippen molar-refractivity contribution in [1.82, 2.24) is 25.6 Å². The zero-order valence-corrected chi connectivity index (χ0v) is 15.4. The Hall–Kier alpha value is -3.69. The highest BCUT2D eigenvalue weighted by molar-refractivity contribution is 5.97. The van der Waals surface area contributed by atoms with Gasteiger partial charge in [0.15, 0.2) is 17.3 Å². The summed E-state index contributed by atoms with van der Waals surface area (Å²) in [7, 11) is 1.34. The number of benzene rings is 2. The van der Waals surface area contributed by atoms with E-state index in [0.717, 1.165) is 12.1 Å². The number of carbonyl (C=O) groups excluding carboxylic acids is 2. The Morgan fingerprint density at radius 2 is 1.72 bits per heavy atom. The summed E-state index contributed by atoms with van der Waals surface area (Å²) in [6, 6.07) is 7.02. The van der Waals surface area contributed by atoms with Gasteiger partial charge in [-0.15, -0.1) is 5.10 Å². The zero-order valence-electron chi connectivity index (χ0n) is 15.4. The zero-order chi connectivity index (χ0) is 21.1. The number of halogens is 3. The Labute approximate surface area is 163 Å². The lowest BCUT2D eigenvalue weighted by atomic mass is 10.1. The molecule has 1 unspecified atom stereocenters. The van der Waals surface area contributed by atoms with Crippen molar-refractivity contribution < 1.29 is 22.8 Å². The van der Waals surface area contributed by atoms with Gasteiger partial charge in [-0.25, -0.2) is 17.9 Å². The summed E-state index contributed by atoms with van der Waals surface area (Å²) in [4.78, 5) is 24.9. The van der Waals surface area contributed by atoms with Crippen LogP contribution in [0.3, 0.4) is 0 Å². The molecule has 0 bridgehead atoms. The van der Waals surface area contributed by atoms with Gasteiger partial charge in [0.25, 0.3) is 5.91 Å². The van der Waals surface area contributed by atoms with Gasteiger partial charge in [0.1, 0.15) is 11.9 Å². The van der Waals surface area contributed by atoms with Crippen molar-refractivity contribution in [2.45, 2.75) is 13.0 Å². The van der Waals surface area contributed by atoms with Crippen molar-refractivity contribution in [2.75, 3.05) is 7.05 Å². The number of nitrogens with one attached hydrogen (secondary N) is 2. The third-order valence-corrected chi connectivity index (χ3v) is 4.24. The number of hydrogen-bond donors (Lipinski definition) is 2. The lowest BCUT2D eigenvalue weighted by Crippen LogP contribution is -2.39. The molecule has 2 N–H and O–H groups in total. The SMILES string of the molecule is CNC(=O)C(NC(=O)c1nnn(-c2ccc(F)cc2)c1C)c1ccc(F)c(F)c1.